The number of pyridine rings is 1. The zero-order chi connectivity index (χ0) is 19.6. The number of hydrogen-bond donors (Lipinski definition) is 2. The van der Waals surface area contributed by atoms with Gasteiger partial charge in [-0.25, -0.2) is 0 Å². The summed E-state index contributed by atoms with van der Waals surface area (Å²) < 4.78 is 10.7. The number of morpholine rings is 1. The highest BCUT2D eigenvalue weighted by Gasteiger charge is 2.16. The second-order valence-corrected chi connectivity index (χ2v) is 6.62. The van der Waals surface area contributed by atoms with Gasteiger partial charge in [0.05, 0.1) is 19.8 Å². The molecule has 2 aromatic rings. The van der Waals surface area contributed by atoms with E-state index in [0.29, 0.717) is 36.4 Å². The molecule has 1 fully saturated rings. The average Bonchev–Trinajstić information content (AvgIpc) is 3.22. The summed E-state index contributed by atoms with van der Waals surface area (Å²) >= 11 is 0. The number of halogens is 1. The molecule has 0 aliphatic carbocycles. The Labute approximate surface area is 188 Å². The first kappa shape index (κ1) is 23.5. The molecule has 1 atom stereocenters. The molecular formula is C19H30IN7O2. The van der Waals surface area contributed by atoms with E-state index < -0.39 is 0 Å². The van der Waals surface area contributed by atoms with Crippen LogP contribution in [-0.2, 0) is 11.2 Å². The first-order valence-electron chi connectivity index (χ1n) is 9.84. The Balaban J connectivity index is 0.00000300. The van der Waals surface area contributed by atoms with Gasteiger partial charge in [0.2, 0.25) is 0 Å². The van der Waals surface area contributed by atoms with Gasteiger partial charge < -0.3 is 19.9 Å². The molecule has 0 radical (unpaired) electrons. The van der Waals surface area contributed by atoms with Crippen LogP contribution in [0.1, 0.15) is 19.7 Å². The van der Waals surface area contributed by atoms with E-state index in [-0.39, 0.29) is 24.0 Å². The Hall–Kier alpha value is -1.79. The lowest BCUT2D eigenvalue weighted by Gasteiger charge is -2.31. The third-order valence-corrected chi connectivity index (χ3v) is 4.52. The van der Waals surface area contributed by atoms with Gasteiger partial charge in [0.15, 0.2) is 11.8 Å². The standard InChI is InChI=1S/C19H29N7O2.HI/c1-3-20-19(23-14-15(2)26-10-12-27-13-11-26)22-9-7-17-24-18(28-25-17)16-6-4-5-8-21-16;/h4-6,8,15H,3,7,9-14H2,1-2H3,(H2,20,22,23);1H. The normalized spacial score (nSPS) is 16.1. The zero-order valence-electron chi connectivity index (χ0n) is 17.0. The topological polar surface area (TPSA) is 101 Å². The molecule has 3 rings (SSSR count). The summed E-state index contributed by atoms with van der Waals surface area (Å²) in [5.41, 5.74) is 0.682. The van der Waals surface area contributed by atoms with Gasteiger partial charge in [-0.2, -0.15) is 4.98 Å². The smallest absolute Gasteiger partial charge is 0.276 e. The summed E-state index contributed by atoms with van der Waals surface area (Å²) in [6, 6.07) is 5.98. The SMILES string of the molecule is CCNC(=NCC(C)N1CCOCC1)NCCc1noc(-c2ccccn2)n1.I. The molecule has 0 bridgehead atoms. The van der Waals surface area contributed by atoms with Crippen LogP contribution >= 0.6 is 24.0 Å². The van der Waals surface area contributed by atoms with Gasteiger partial charge in [-0.05, 0) is 26.0 Å². The van der Waals surface area contributed by atoms with E-state index in [0.717, 1.165) is 45.4 Å². The maximum absolute atomic E-state index is 5.41. The molecule has 0 saturated carbocycles. The summed E-state index contributed by atoms with van der Waals surface area (Å²) in [6.45, 7) is 10.0. The minimum absolute atomic E-state index is 0. The highest BCUT2D eigenvalue weighted by Crippen LogP contribution is 2.13. The van der Waals surface area contributed by atoms with Crippen molar-refractivity contribution < 1.29 is 9.26 Å². The van der Waals surface area contributed by atoms with E-state index in [1.165, 1.54) is 0 Å². The van der Waals surface area contributed by atoms with Crippen molar-refractivity contribution in [1.29, 1.82) is 0 Å². The summed E-state index contributed by atoms with van der Waals surface area (Å²) in [7, 11) is 0. The van der Waals surface area contributed by atoms with Crippen LogP contribution in [0.5, 0.6) is 0 Å². The first-order valence-corrected chi connectivity index (χ1v) is 9.84. The van der Waals surface area contributed by atoms with E-state index in [1.807, 2.05) is 18.2 Å². The summed E-state index contributed by atoms with van der Waals surface area (Å²) in [4.78, 5) is 15.7. The number of hydrogen-bond acceptors (Lipinski definition) is 7. The van der Waals surface area contributed by atoms with Gasteiger partial charge in [-0.1, -0.05) is 11.2 Å². The first-order chi connectivity index (χ1) is 13.8. The summed E-state index contributed by atoms with van der Waals surface area (Å²) in [5, 5.41) is 10.6. The molecule has 9 nitrogen and oxygen atoms in total. The van der Waals surface area contributed by atoms with Crippen molar-refractivity contribution in [3.63, 3.8) is 0 Å². The molecule has 0 amide bonds. The maximum atomic E-state index is 5.41. The molecule has 3 heterocycles. The third-order valence-electron chi connectivity index (χ3n) is 4.52. The Bertz CT molecular complexity index is 735. The van der Waals surface area contributed by atoms with Crippen LogP contribution in [0.25, 0.3) is 11.6 Å². The number of ether oxygens (including phenoxy) is 1. The number of nitrogens with one attached hydrogen (secondary N) is 2. The van der Waals surface area contributed by atoms with E-state index in [1.54, 1.807) is 6.20 Å². The fourth-order valence-corrected chi connectivity index (χ4v) is 2.94. The predicted octanol–water partition coefficient (Wildman–Crippen LogP) is 1.57. The van der Waals surface area contributed by atoms with Crippen LogP contribution in [0.4, 0.5) is 0 Å². The Morgan fingerprint density at radius 3 is 2.83 bits per heavy atom. The van der Waals surface area contributed by atoms with E-state index in [4.69, 9.17) is 14.3 Å². The highest BCUT2D eigenvalue weighted by molar-refractivity contribution is 14.0. The fraction of sp³-hybridized carbons (Fsp3) is 0.579. The number of rotatable bonds is 8. The molecule has 10 heteroatoms. The fourth-order valence-electron chi connectivity index (χ4n) is 2.94. The van der Waals surface area contributed by atoms with Crippen molar-refractivity contribution >= 4 is 29.9 Å². The molecule has 2 N–H and O–H groups in total. The predicted molar refractivity (Wildman–Crippen MR) is 122 cm³/mol. The number of aromatic nitrogens is 3. The van der Waals surface area contributed by atoms with Crippen molar-refractivity contribution in [2.45, 2.75) is 26.3 Å². The maximum Gasteiger partial charge on any atom is 0.276 e. The van der Waals surface area contributed by atoms with Gasteiger partial charge in [0.25, 0.3) is 5.89 Å². The van der Waals surface area contributed by atoms with Gasteiger partial charge >= 0.3 is 0 Å². The van der Waals surface area contributed by atoms with Crippen LogP contribution in [0.2, 0.25) is 0 Å². The van der Waals surface area contributed by atoms with Crippen LogP contribution in [0.15, 0.2) is 33.9 Å². The minimum atomic E-state index is 0. The van der Waals surface area contributed by atoms with Crippen molar-refractivity contribution in [3.8, 4) is 11.6 Å². The quantitative estimate of drug-likeness (QED) is 0.311. The van der Waals surface area contributed by atoms with Crippen LogP contribution < -0.4 is 10.6 Å². The van der Waals surface area contributed by atoms with Crippen molar-refractivity contribution in [1.82, 2.24) is 30.7 Å². The van der Waals surface area contributed by atoms with Gasteiger partial charge in [-0.15, -0.1) is 24.0 Å². The molecule has 0 aromatic carbocycles. The minimum Gasteiger partial charge on any atom is -0.379 e. The molecule has 29 heavy (non-hydrogen) atoms. The van der Waals surface area contributed by atoms with Crippen molar-refractivity contribution in [3.05, 3.63) is 30.2 Å². The number of aliphatic imine (C=N–C) groups is 1. The molecule has 0 spiro atoms. The molecule has 1 aliphatic rings. The Morgan fingerprint density at radius 1 is 1.28 bits per heavy atom. The second-order valence-electron chi connectivity index (χ2n) is 6.62. The lowest BCUT2D eigenvalue weighted by atomic mass is 10.2. The molecule has 1 unspecified atom stereocenters. The summed E-state index contributed by atoms with van der Waals surface area (Å²) in [6.07, 6.45) is 2.34. The number of guanidine groups is 1. The van der Waals surface area contributed by atoms with Crippen LogP contribution in [0.3, 0.4) is 0 Å². The van der Waals surface area contributed by atoms with Crippen molar-refractivity contribution in [2.75, 3.05) is 45.9 Å². The van der Waals surface area contributed by atoms with Crippen LogP contribution in [0, 0.1) is 0 Å². The number of nitrogens with zero attached hydrogens (tertiary/aromatic N) is 5. The molecule has 1 saturated heterocycles. The Kier molecular flexibility index (Phi) is 10.3. The van der Waals surface area contributed by atoms with E-state index >= 15 is 0 Å². The highest BCUT2D eigenvalue weighted by atomic mass is 127. The summed E-state index contributed by atoms with van der Waals surface area (Å²) in [5.74, 6) is 1.89. The van der Waals surface area contributed by atoms with E-state index in [2.05, 4.69) is 44.5 Å². The third kappa shape index (κ3) is 7.52. The van der Waals surface area contributed by atoms with Gasteiger partial charge in [-0.3, -0.25) is 14.9 Å². The second kappa shape index (κ2) is 12.7. The Morgan fingerprint density at radius 2 is 2.10 bits per heavy atom. The van der Waals surface area contributed by atoms with Crippen LogP contribution in [-0.4, -0.2) is 78.0 Å². The largest absolute Gasteiger partial charge is 0.379 e. The van der Waals surface area contributed by atoms with Gasteiger partial charge in [0, 0.05) is 44.8 Å². The van der Waals surface area contributed by atoms with E-state index in [9.17, 15) is 0 Å². The molecule has 1 aliphatic heterocycles. The lowest BCUT2D eigenvalue weighted by molar-refractivity contribution is 0.0220. The van der Waals surface area contributed by atoms with Crippen molar-refractivity contribution in [2.24, 2.45) is 4.99 Å². The monoisotopic (exact) mass is 515 g/mol. The zero-order valence-corrected chi connectivity index (χ0v) is 19.3. The van der Waals surface area contributed by atoms with Gasteiger partial charge in [0.1, 0.15) is 5.69 Å². The molecule has 160 valence electrons. The lowest BCUT2D eigenvalue weighted by Crippen LogP contribution is -2.44. The molecular weight excluding hydrogens is 485 g/mol. The molecule has 2 aromatic heterocycles. The average molecular weight is 515 g/mol.